The Kier molecular flexibility index (Phi) is 9.60. The van der Waals surface area contributed by atoms with Gasteiger partial charge in [-0.05, 0) is 25.7 Å². The molecule has 0 rings (SSSR count). The van der Waals surface area contributed by atoms with Gasteiger partial charge in [0, 0.05) is 0 Å². The Labute approximate surface area is 95.2 Å². The summed E-state index contributed by atoms with van der Waals surface area (Å²) in [5, 5.41) is 0. The summed E-state index contributed by atoms with van der Waals surface area (Å²) in [6.07, 6.45) is 11.1. The van der Waals surface area contributed by atoms with Crippen LogP contribution in [0.3, 0.4) is 0 Å². The second kappa shape index (κ2) is 9.97. The highest BCUT2D eigenvalue weighted by Crippen LogP contribution is 2.16. The molecule has 0 aliphatic carbocycles. The average Bonchev–Trinajstić information content (AvgIpc) is 2.19. The Balaban J connectivity index is 4.04. The van der Waals surface area contributed by atoms with Crippen LogP contribution in [0.1, 0.15) is 52.4 Å². The van der Waals surface area contributed by atoms with Gasteiger partial charge in [-0.3, -0.25) is 0 Å². The SMILES string of the molecule is C=CCC(CCC)OC(CC=C)CCC. The van der Waals surface area contributed by atoms with E-state index in [1.165, 1.54) is 12.8 Å². The lowest BCUT2D eigenvalue weighted by molar-refractivity contribution is -0.0173. The number of rotatable bonds is 10. The van der Waals surface area contributed by atoms with E-state index in [1.807, 2.05) is 12.2 Å². The molecule has 88 valence electrons. The maximum atomic E-state index is 6.07. The van der Waals surface area contributed by atoms with Gasteiger partial charge in [0.05, 0.1) is 12.2 Å². The summed E-state index contributed by atoms with van der Waals surface area (Å²) < 4.78 is 6.07. The van der Waals surface area contributed by atoms with E-state index >= 15 is 0 Å². The van der Waals surface area contributed by atoms with Gasteiger partial charge in [-0.15, -0.1) is 13.2 Å². The van der Waals surface area contributed by atoms with Crippen LogP contribution >= 0.6 is 0 Å². The van der Waals surface area contributed by atoms with E-state index in [4.69, 9.17) is 4.74 Å². The Morgan fingerprint density at radius 2 is 1.33 bits per heavy atom. The Morgan fingerprint density at radius 1 is 0.933 bits per heavy atom. The van der Waals surface area contributed by atoms with Crippen molar-refractivity contribution in [3.63, 3.8) is 0 Å². The van der Waals surface area contributed by atoms with Crippen LogP contribution < -0.4 is 0 Å². The van der Waals surface area contributed by atoms with Crippen molar-refractivity contribution < 1.29 is 4.74 Å². The molecular formula is C14H26O. The molecule has 0 aliphatic heterocycles. The van der Waals surface area contributed by atoms with E-state index in [2.05, 4.69) is 27.0 Å². The highest BCUT2D eigenvalue weighted by Gasteiger charge is 2.13. The third kappa shape index (κ3) is 7.38. The van der Waals surface area contributed by atoms with Gasteiger partial charge >= 0.3 is 0 Å². The van der Waals surface area contributed by atoms with E-state index < -0.39 is 0 Å². The first-order valence-electron chi connectivity index (χ1n) is 6.15. The fourth-order valence-electron chi connectivity index (χ4n) is 1.77. The minimum absolute atomic E-state index is 0.351. The van der Waals surface area contributed by atoms with Crippen LogP contribution in [-0.4, -0.2) is 12.2 Å². The number of hydrogen-bond acceptors (Lipinski definition) is 1. The van der Waals surface area contributed by atoms with Crippen LogP contribution in [0.2, 0.25) is 0 Å². The molecule has 2 atom stereocenters. The minimum atomic E-state index is 0.351. The van der Waals surface area contributed by atoms with Gasteiger partial charge in [-0.1, -0.05) is 38.8 Å². The predicted molar refractivity (Wildman–Crippen MR) is 68.1 cm³/mol. The molecule has 1 heteroatoms. The molecule has 2 unspecified atom stereocenters. The highest BCUT2D eigenvalue weighted by atomic mass is 16.5. The van der Waals surface area contributed by atoms with Crippen LogP contribution in [-0.2, 0) is 4.74 Å². The van der Waals surface area contributed by atoms with E-state index in [0.717, 1.165) is 25.7 Å². The quantitative estimate of drug-likeness (QED) is 0.483. The van der Waals surface area contributed by atoms with Gasteiger partial charge in [0.15, 0.2) is 0 Å². The topological polar surface area (TPSA) is 9.23 Å². The van der Waals surface area contributed by atoms with Gasteiger partial charge in [0.1, 0.15) is 0 Å². The zero-order valence-corrected chi connectivity index (χ0v) is 10.4. The zero-order chi connectivity index (χ0) is 11.5. The lowest BCUT2D eigenvalue weighted by Gasteiger charge is -2.23. The molecule has 0 aromatic carbocycles. The maximum Gasteiger partial charge on any atom is 0.0613 e. The fraction of sp³-hybridized carbons (Fsp3) is 0.714. The van der Waals surface area contributed by atoms with Crippen molar-refractivity contribution in [2.45, 2.75) is 64.6 Å². The largest absolute Gasteiger partial charge is 0.374 e. The van der Waals surface area contributed by atoms with Crippen LogP contribution in [0, 0.1) is 0 Å². The summed E-state index contributed by atoms with van der Waals surface area (Å²) in [5.41, 5.74) is 0. The first-order chi connectivity index (χ1) is 7.28. The molecule has 0 amide bonds. The van der Waals surface area contributed by atoms with Crippen molar-refractivity contribution in [1.29, 1.82) is 0 Å². The summed E-state index contributed by atoms with van der Waals surface area (Å²) in [7, 11) is 0. The van der Waals surface area contributed by atoms with Crippen molar-refractivity contribution in [1.82, 2.24) is 0 Å². The summed E-state index contributed by atoms with van der Waals surface area (Å²) >= 11 is 0. The Hall–Kier alpha value is -0.560. The van der Waals surface area contributed by atoms with Crippen LogP contribution in [0.25, 0.3) is 0 Å². The van der Waals surface area contributed by atoms with Crippen molar-refractivity contribution in [3.05, 3.63) is 25.3 Å². The summed E-state index contributed by atoms with van der Waals surface area (Å²) in [6.45, 7) is 12.0. The smallest absolute Gasteiger partial charge is 0.0613 e. The molecule has 0 fully saturated rings. The molecule has 1 nitrogen and oxygen atoms in total. The van der Waals surface area contributed by atoms with Crippen LogP contribution in [0.15, 0.2) is 25.3 Å². The van der Waals surface area contributed by atoms with Gasteiger partial charge in [-0.2, -0.15) is 0 Å². The summed E-state index contributed by atoms with van der Waals surface area (Å²) in [4.78, 5) is 0. The zero-order valence-electron chi connectivity index (χ0n) is 10.4. The standard InChI is InChI=1S/C14H26O/c1-5-9-13(10-6-2)15-14(11-7-3)12-8-4/h5,7,13-14H,1,3,6,8-12H2,2,4H3. The van der Waals surface area contributed by atoms with Gasteiger partial charge < -0.3 is 4.74 Å². The van der Waals surface area contributed by atoms with Crippen molar-refractivity contribution in [2.24, 2.45) is 0 Å². The van der Waals surface area contributed by atoms with Gasteiger partial charge in [0.2, 0.25) is 0 Å². The first kappa shape index (κ1) is 14.4. The molecule has 0 saturated carbocycles. The molecule has 0 spiro atoms. The van der Waals surface area contributed by atoms with Gasteiger partial charge in [-0.25, -0.2) is 0 Å². The lowest BCUT2D eigenvalue weighted by atomic mass is 10.1. The van der Waals surface area contributed by atoms with E-state index in [-0.39, 0.29) is 0 Å². The summed E-state index contributed by atoms with van der Waals surface area (Å²) in [5.74, 6) is 0. The molecule has 0 aliphatic rings. The lowest BCUT2D eigenvalue weighted by Crippen LogP contribution is -2.21. The Bertz CT molecular complexity index is 145. The van der Waals surface area contributed by atoms with Crippen molar-refractivity contribution in [2.75, 3.05) is 0 Å². The van der Waals surface area contributed by atoms with Crippen molar-refractivity contribution in [3.8, 4) is 0 Å². The van der Waals surface area contributed by atoms with E-state index in [0.29, 0.717) is 12.2 Å². The molecule has 0 aromatic rings. The van der Waals surface area contributed by atoms with Crippen molar-refractivity contribution >= 4 is 0 Å². The minimum Gasteiger partial charge on any atom is -0.374 e. The second-order valence-corrected chi connectivity index (χ2v) is 4.01. The fourth-order valence-corrected chi connectivity index (χ4v) is 1.77. The molecule has 0 bridgehead atoms. The first-order valence-corrected chi connectivity index (χ1v) is 6.15. The third-order valence-corrected chi connectivity index (χ3v) is 2.47. The number of ether oxygens (including phenoxy) is 1. The molecule has 0 radical (unpaired) electrons. The summed E-state index contributed by atoms with van der Waals surface area (Å²) in [6, 6.07) is 0. The molecule has 0 saturated heterocycles. The van der Waals surface area contributed by atoms with Crippen LogP contribution in [0.5, 0.6) is 0 Å². The normalized spacial score (nSPS) is 14.5. The highest BCUT2D eigenvalue weighted by molar-refractivity contribution is 4.78. The van der Waals surface area contributed by atoms with Crippen LogP contribution in [0.4, 0.5) is 0 Å². The molecule has 15 heavy (non-hydrogen) atoms. The van der Waals surface area contributed by atoms with Gasteiger partial charge in [0.25, 0.3) is 0 Å². The third-order valence-electron chi connectivity index (χ3n) is 2.47. The average molecular weight is 210 g/mol. The molecule has 0 heterocycles. The van der Waals surface area contributed by atoms with E-state index in [1.54, 1.807) is 0 Å². The molecule has 0 aromatic heterocycles. The predicted octanol–water partition coefficient (Wildman–Crippen LogP) is 4.49. The Morgan fingerprint density at radius 3 is 1.60 bits per heavy atom. The monoisotopic (exact) mass is 210 g/mol. The number of hydrogen-bond donors (Lipinski definition) is 0. The molecular weight excluding hydrogens is 184 g/mol. The maximum absolute atomic E-state index is 6.07. The van der Waals surface area contributed by atoms with E-state index in [9.17, 15) is 0 Å². The second-order valence-electron chi connectivity index (χ2n) is 4.01. The molecule has 0 N–H and O–H groups in total.